The van der Waals surface area contributed by atoms with E-state index in [1.165, 1.54) is 96.2 Å². The summed E-state index contributed by atoms with van der Waals surface area (Å²) in [6, 6.07) is 0. The van der Waals surface area contributed by atoms with Gasteiger partial charge in [-0.3, -0.25) is 14.3 Å². The average molecular weight is 700 g/mol. The van der Waals surface area contributed by atoms with E-state index >= 15 is 0 Å². The maximum Gasteiger partial charge on any atom is 0.356 e. The van der Waals surface area contributed by atoms with Crippen LogP contribution in [0.5, 0.6) is 0 Å². The Balaban J connectivity index is 1.58. The Morgan fingerprint density at radius 3 is 2.06 bits per heavy atom. The summed E-state index contributed by atoms with van der Waals surface area (Å²) < 4.78 is 37.1. The minimum atomic E-state index is -3.75. The Morgan fingerprint density at radius 1 is 0.875 bits per heavy atom. The molecule has 0 aromatic carbocycles. The molecule has 0 bridgehead atoms. The van der Waals surface area contributed by atoms with Crippen LogP contribution in [-0.2, 0) is 29.6 Å². The standard InChI is InChI=1S/C34H62N5O8P/c1-4-5-6-7-8-9-10-11-12-13-14-15-16-17-18-19-21-44-23-24-46-48(43,47-26-30(41)25-40)28-45-22-20-39-27-35-31-32(39)37-34(36-29(2)3)38-33(31)42/h27,30,40-41H,4-26,28H2,1-3H3,(H,37,38,42). The highest BCUT2D eigenvalue weighted by molar-refractivity contribution is 7.53. The van der Waals surface area contributed by atoms with Gasteiger partial charge in [0.25, 0.3) is 5.56 Å². The van der Waals surface area contributed by atoms with Crippen molar-refractivity contribution in [2.75, 3.05) is 46.0 Å². The number of H-pyrrole nitrogens is 1. The molecular weight excluding hydrogens is 637 g/mol. The van der Waals surface area contributed by atoms with E-state index in [9.17, 15) is 14.5 Å². The molecule has 0 saturated heterocycles. The van der Waals surface area contributed by atoms with Gasteiger partial charge in [-0.1, -0.05) is 103 Å². The lowest BCUT2D eigenvalue weighted by Gasteiger charge is -2.20. The topological polar surface area (TPSA) is 170 Å². The molecular formula is C34H62N5O8P. The Bertz CT molecular complexity index is 1250. The lowest BCUT2D eigenvalue weighted by Crippen LogP contribution is -2.20. The third kappa shape index (κ3) is 18.7. The number of aliphatic imine (C=N–C) groups is 1. The second kappa shape index (κ2) is 25.9. The number of aromatic nitrogens is 4. The van der Waals surface area contributed by atoms with Crippen LogP contribution in [0.2, 0.25) is 0 Å². The van der Waals surface area contributed by atoms with Crippen LogP contribution in [0.3, 0.4) is 0 Å². The van der Waals surface area contributed by atoms with Crippen molar-refractivity contribution in [2.24, 2.45) is 4.99 Å². The molecule has 276 valence electrons. The number of hydrogen-bond acceptors (Lipinski definition) is 11. The fraction of sp³-hybridized carbons (Fsp3) is 0.824. The van der Waals surface area contributed by atoms with E-state index in [4.69, 9.17) is 23.6 Å². The largest absolute Gasteiger partial charge is 0.394 e. The Morgan fingerprint density at radius 2 is 1.48 bits per heavy atom. The lowest BCUT2D eigenvalue weighted by molar-refractivity contribution is 0.0345. The number of aliphatic hydroxyl groups excluding tert-OH is 2. The molecule has 14 heteroatoms. The molecule has 0 saturated carbocycles. The summed E-state index contributed by atoms with van der Waals surface area (Å²) >= 11 is 0. The molecule has 0 radical (unpaired) electrons. The van der Waals surface area contributed by atoms with Crippen LogP contribution in [0.25, 0.3) is 11.2 Å². The van der Waals surface area contributed by atoms with Crippen molar-refractivity contribution in [3.63, 3.8) is 0 Å². The first-order valence-electron chi connectivity index (χ1n) is 18.1. The Hall–Kier alpha value is -1.99. The predicted octanol–water partition coefficient (Wildman–Crippen LogP) is 7.06. The molecule has 0 spiro atoms. The minimum absolute atomic E-state index is 0.0354. The van der Waals surface area contributed by atoms with E-state index in [-0.39, 0.29) is 50.8 Å². The number of aliphatic hydroxyl groups is 2. The molecule has 2 aromatic rings. The number of fused-ring (bicyclic) bond motifs is 1. The quantitative estimate of drug-likeness (QED) is 0.0420. The number of ether oxygens (including phenoxy) is 2. The SMILES string of the molecule is CCCCCCCCCCCCCCCCCCOCCOP(=O)(COCCn1cnc2c(=O)[nH]c(N=C(C)C)nc21)OCC(O)CO. The van der Waals surface area contributed by atoms with Gasteiger partial charge in [-0.25, -0.2) is 9.98 Å². The number of nitrogens with zero attached hydrogens (tertiary/aromatic N) is 4. The number of imidazole rings is 1. The van der Waals surface area contributed by atoms with Gasteiger partial charge in [0.15, 0.2) is 11.2 Å². The zero-order valence-electron chi connectivity index (χ0n) is 29.7. The average Bonchev–Trinajstić information content (AvgIpc) is 3.47. The van der Waals surface area contributed by atoms with Crippen molar-refractivity contribution in [3.8, 4) is 0 Å². The van der Waals surface area contributed by atoms with Crippen LogP contribution >= 0.6 is 7.60 Å². The van der Waals surface area contributed by atoms with Gasteiger partial charge in [-0.2, -0.15) is 4.98 Å². The molecule has 2 atom stereocenters. The summed E-state index contributed by atoms with van der Waals surface area (Å²) in [7, 11) is -3.75. The van der Waals surface area contributed by atoms with Crippen LogP contribution in [0.4, 0.5) is 5.95 Å². The molecule has 2 heterocycles. The first-order valence-corrected chi connectivity index (χ1v) is 19.8. The highest BCUT2D eigenvalue weighted by Crippen LogP contribution is 2.48. The molecule has 3 N–H and O–H groups in total. The number of aromatic amines is 1. The van der Waals surface area contributed by atoms with Gasteiger partial charge >= 0.3 is 7.60 Å². The fourth-order valence-electron chi connectivity index (χ4n) is 5.16. The maximum absolute atomic E-state index is 13.3. The Kier molecular flexibility index (Phi) is 22.8. The summed E-state index contributed by atoms with van der Waals surface area (Å²) in [6.07, 6.45) is 20.9. The van der Waals surface area contributed by atoms with Crippen molar-refractivity contribution >= 4 is 30.4 Å². The minimum Gasteiger partial charge on any atom is -0.394 e. The van der Waals surface area contributed by atoms with E-state index in [1.807, 2.05) is 0 Å². The molecule has 0 amide bonds. The zero-order chi connectivity index (χ0) is 34.9. The molecule has 0 aliphatic carbocycles. The number of rotatable bonds is 31. The maximum atomic E-state index is 13.3. The smallest absolute Gasteiger partial charge is 0.356 e. The number of unbranched alkanes of at least 4 members (excludes halogenated alkanes) is 15. The van der Waals surface area contributed by atoms with Crippen LogP contribution in [-0.4, -0.2) is 87.5 Å². The summed E-state index contributed by atoms with van der Waals surface area (Å²) in [6.45, 7) is 6.21. The van der Waals surface area contributed by atoms with E-state index < -0.39 is 25.9 Å². The summed E-state index contributed by atoms with van der Waals surface area (Å²) in [4.78, 5) is 27.6. The zero-order valence-corrected chi connectivity index (χ0v) is 30.6. The molecule has 13 nitrogen and oxygen atoms in total. The highest BCUT2D eigenvalue weighted by Gasteiger charge is 2.26. The van der Waals surface area contributed by atoms with Gasteiger partial charge in [0.05, 0.1) is 39.4 Å². The van der Waals surface area contributed by atoms with E-state index in [0.717, 1.165) is 18.6 Å². The van der Waals surface area contributed by atoms with Gasteiger partial charge in [0, 0.05) is 18.9 Å². The van der Waals surface area contributed by atoms with Crippen LogP contribution in [0, 0.1) is 0 Å². The van der Waals surface area contributed by atoms with Crippen LogP contribution in [0.15, 0.2) is 16.1 Å². The van der Waals surface area contributed by atoms with Gasteiger partial charge in [0.2, 0.25) is 5.95 Å². The van der Waals surface area contributed by atoms with Crippen LogP contribution in [0.1, 0.15) is 124 Å². The molecule has 2 aromatic heterocycles. The lowest BCUT2D eigenvalue weighted by atomic mass is 10.0. The first kappa shape index (κ1) is 42.2. The van der Waals surface area contributed by atoms with E-state index in [2.05, 4.69) is 26.9 Å². The van der Waals surface area contributed by atoms with E-state index in [0.29, 0.717) is 12.3 Å². The second-order valence-electron chi connectivity index (χ2n) is 12.6. The normalized spacial score (nSPS) is 13.6. The third-order valence-corrected chi connectivity index (χ3v) is 9.47. The molecule has 2 rings (SSSR count). The first-order chi connectivity index (χ1) is 23.3. The van der Waals surface area contributed by atoms with Crippen molar-refractivity contribution < 1.29 is 33.3 Å². The van der Waals surface area contributed by atoms with Gasteiger partial charge in [0.1, 0.15) is 12.5 Å². The summed E-state index contributed by atoms with van der Waals surface area (Å²) in [5, 5.41) is 18.8. The van der Waals surface area contributed by atoms with Crippen molar-refractivity contribution in [2.45, 2.75) is 136 Å². The third-order valence-electron chi connectivity index (χ3n) is 7.85. The summed E-state index contributed by atoms with van der Waals surface area (Å²) in [5.74, 6) is 0.181. The predicted molar refractivity (Wildman–Crippen MR) is 190 cm³/mol. The molecule has 2 unspecified atom stereocenters. The van der Waals surface area contributed by atoms with Crippen LogP contribution < -0.4 is 5.56 Å². The highest BCUT2D eigenvalue weighted by atomic mass is 31.2. The van der Waals surface area contributed by atoms with Gasteiger partial charge in [-0.15, -0.1) is 0 Å². The Labute approximate surface area is 286 Å². The van der Waals surface area contributed by atoms with Gasteiger partial charge in [-0.05, 0) is 20.3 Å². The van der Waals surface area contributed by atoms with E-state index in [1.54, 1.807) is 18.4 Å². The fourth-order valence-corrected chi connectivity index (χ4v) is 6.49. The summed E-state index contributed by atoms with van der Waals surface area (Å²) in [5.41, 5.74) is 0.869. The van der Waals surface area contributed by atoms with Crippen molar-refractivity contribution in [1.29, 1.82) is 0 Å². The molecule has 0 aliphatic rings. The van der Waals surface area contributed by atoms with Crippen molar-refractivity contribution in [3.05, 3.63) is 16.7 Å². The molecule has 0 fully saturated rings. The number of hydrogen-bond donors (Lipinski definition) is 3. The monoisotopic (exact) mass is 699 g/mol. The van der Waals surface area contributed by atoms with Gasteiger partial charge < -0.3 is 33.3 Å². The molecule has 48 heavy (non-hydrogen) atoms. The van der Waals surface area contributed by atoms with Crippen molar-refractivity contribution in [1.82, 2.24) is 19.5 Å². The number of nitrogens with one attached hydrogen (secondary N) is 1. The second-order valence-corrected chi connectivity index (χ2v) is 14.6. The molecule has 0 aliphatic heterocycles.